The molecule has 20 N–H and O–H groups in total. The number of carboxylic acids is 1. The van der Waals surface area contributed by atoms with E-state index in [9.17, 15) is 58.5 Å². The van der Waals surface area contributed by atoms with E-state index >= 15 is 4.79 Å². The maximum absolute atomic E-state index is 15.1. The number of amides is 9. The number of carbonyl (C=O) groups excluding carboxylic acids is 9. The predicted octanol–water partition coefficient (Wildman–Crippen LogP) is -3.96. The molecule has 1 aliphatic carbocycles. The van der Waals surface area contributed by atoms with Crippen LogP contribution in [-0.2, 0) is 67.3 Å². The highest BCUT2D eigenvalue weighted by Gasteiger charge is 2.47. The van der Waals surface area contributed by atoms with Crippen molar-refractivity contribution in [3.05, 3.63) is 57.8 Å². The first kappa shape index (κ1) is 70.4. The van der Waals surface area contributed by atoms with Gasteiger partial charge in [0.25, 0.3) is 0 Å². The zero-order valence-corrected chi connectivity index (χ0v) is 51.4. The largest absolute Gasteiger partial charge is 0.480 e. The summed E-state index contributed by atoms with van der Waals surface area (Å²) < 4.78 is 0. The van der Waals surface area contributed by atoms with Crippen LogP contribution in [0.4, 0.5) is 0 Å². The van der Waals surface area contributed by atoms with Crippen molar-refractivity contribution in [1.29, 1.82) is 0 Å². The lowest BCUT2D eigenvalue weighted by molar-refractivity contribution is -0.152. The number of hydrogen-bond donors (Lipinski definition) is 14. The van der Waals surface area contributed by atoms with Crippen LogP contribution < -0.4 is 61.0 Å². The molecule has 1 aromatic heterocycles. The summed E-state index contributed by atoms with van der Waals surface area (Å²) in [5.74, 6) is -8.00. The second-order valence-electron chi connectivity index (χ2n) is 22.9. The van der Waals surface area contributed by atoms with E-state index in [2.05, 4.69) is 41.6 Å². The van der Waals surface area contributed by atoms with E-state index in [-0.39, 0.29) is 102 Å². The Hall–Kier alpha value is -8.65. The summed E-state index contributed by atoms with van der Waals surface area (Å²) in [6.07, 6.45) is 4.34. The summed E-state index contributed by atoms with van der Waals surface area (Å²) >= 11 is 1.27. The van der Waals surface area contributed by atoms with Crippen LogP contribution in [0.5, 0.6) is 0 Å². The summed E-state index contributed by atoms with van der Waals surface area (Å²) in [5, 5.41) is 46.5. The number of β-amino-alcohol motifs (C(OH)–C–C–N with tert-alkyl or cyclic N) is 1. The van der Waals surface area contributed by atoms with Gasteiger partial charge in [-0.05, 0) is 86.8 Å². The molecule has 0 spiro atoms. The van der Waals surface area contributed by atoms with E-state index in [1.54, 1.807) is 35.7 Å². The van der Waals surface area contributed by atoms with Gasteiger partial charge in [-0.15, -0.1) is 11.3 Å². The van der Waals surface area contributed by atoms with Crippen molar-refractivity contribution in [1.82, 2.24) is 46.2 Å². The fourth-order valence-corrected chi connectivity index (χ4v) is 12.5. The van der Waals surface area contributed by atoms with Crippen LogP contribution >= 0.6 is 11.3 Å². The third-order valence-electron chi connectivity index (χ3n) is 16.2. The highest BCUT2D eigenvalue weighted by Crippen LogP contribution is 2.30. The quantitative estimate of drug-likeness (QED) is 0.0189. The molecule has 1 saturated carbocycles. The highest BCUT2D eigenvalue weighted by molar-refractivity contribution is 7.09. The molecule has 0 bridgehead atoms. The number of thiophene rings is 1. The third-order valence-corrected chi connectivity index (χ3v) is 17.1. The van der Waals surface area contributed by atoms with Gasteiger partial charge in [-0.25, -0.2) is 4.79 Å². The van der Waals surface area contributed by atoms with Crippen molar-refractivity contribution in [3.8, 4) is 0 Å². The molecule has 90 heavy (non-hydrogen) atoms. The molecule has 3 aliphatic heterocycles. The van der Waals surface area contributed by atoms with Crippen molar-refractivity contribution in [2.24, 2.45) is 49.4 Å². The fourth-order valence-electron chi connectivity index (χ4n) is 11.7. The number of benzene rings is 1. The lowest BCUT2D eigenvalue weighted by Crippen LogP contribution is -2.62. The SMILES string of the molecule is NC(N)=NCCCCC(=O)N[C@@H](CCCN=C(N)N)C(=O)N1CCC[C@@H]1C(=O)N1C[C@@H](O)C[C@@H]1C(=O)NCC(=O)N[C@@H](Cc1cccs1)C(=O)N[C@@H](CO)C(=O)N1Cc2ccccc2C[C@@H]1C(=O)N(CC(=O)N[C@@H](CCCN=C(N)N)C(=O)O)C1CCCCC1. The number of nitrogens with zero attached hydrogens (tertiary/aromatic N) is 7. The van der Waals surface area contributed by atoms with E-state index in [0.29, 0.717) is 55.5 Å². The Labute approximate surface area is 525 Å². The van der Waals surface area contributed by atoms with Gasteiger partial charge < -0.3 is 95.9 Å². The molecule has 4 aliphatic rings. The van der Waals surface area contributed by atoms with Crippen molar-refractivity contribution in [2.75, 3.05) is 52.4 Å². The maximum Gasteiger partial charge on any atom is 0.326 e. The number of aliphatic hydroxyl groups is 2. The van der Waals surface area contributed by atoms with Gasteiger partial charge in [-0.1, -0.05) is 49.6 Å². The molecule has 32 heteroatoms. The summed E-state index contributed by atoms with van der Waals surface area (Å²) in [4.78, 5) is 158. The zero-order chi connectivity index (χ0) is 65.4. The van der Waals surface area contributed by atoms with Gasteiger partial charge in [0, 0.05) is 75.9 Å². The molecule has 6 rings (SSSR count). The molecule has 2 saturated heterocycles. The van der Waals surface area contributed by atoms with Crippen molar-refractivity contribution < 1.29 is 63.3 Å². The first-order valence-electron chi connectivity index (χ1n) is 30.5. The first-order chi connectivity index (χ1) is 43.0. The third kappa shape index (κ3) is 21.0. The lowest BCUT2D eigenvalue weighted by Gasteiger charge is -2.42. The van der Waals surface area contributed by atoms with Gasteiger partial charge in [0.05, 0.1) is 25.8 Å². The molecule has 8 atom stereocenters. The van der Waals surface area contributed by atoms with Gasteiger partial charge in [-0.2, -0.15) is 0 Å². The number of carbonyl (C=O) groups is 10. The summed E-state index contributed by atoms with van der Waals surface area (Å²) in [7, 11) is 0. The summed E-state index contributed by atoms with van der Waals surface area (Å²) in [5.41, 5.74) is 34.0. The number of rotatable bonds is 32. The van der Waals surface area contributed by atoms with Gasteiger partial charge in [0.2, 0.25) is 53.2 Å². The molecule has 0 radical (unpaired) electrons. The number of aliphatic carboxylic acids is 1. The lowest BCUT2D eigenvalue weighted by atomic mass is 9.90. The van der Waals surface area contributed by atoms with Gasteiger partial charge >= 0.3 is 5.97 Å². The van der Waals surface area contributed by atoms with Crippen LogP contribution in [0.1, 0.15) is 112 Å². The van der Waals surface area contributed by atoms with Crippen LogP contribution in [0, 0.1) is 0 Å². The number of aliphatic hydroxyl groups excluding tert-OH is 2. The van der Waals surface area contributed by atoms with Crippen LogP contribution in [0.15, 0.2) is 56.8 Å². The average Bonchev–Trinajstić information content (AvgIpc) is 2.22. The zero-order valence-electron chi connectivity index (χ0n) is 50.5. The van der Waals surface area contributed by atoms with E-state index in [4.69, 9.17) is 34.4 Å². The molecule has 31 nitrogen and oxygen atoms in total. The number of likely N-dealkylation sites (tertiary alicyclic amines) is 2. The molecule has 0 unspecified atom stereocenters. The normalized spacial score (nSPS) is 19.3. The number of carboxylic acid groups (broad SMARTS) is 1. The molecule has 4 heterocycles. The van der Waals surface area contributed by atoms with E-state index in [1.165, 1.54) is 30.9 Å². The van der Waals surface area contributed by atoms with Crippen LogP contribution in [0.3, 0.4) is 0 Å². The number of fused-ring (bicyclic) bond motifs is 1. The predicted molar refractivity (Wildman–Crippen MR) is 332 cm³/mol. The summed E-state index contributed by atoms with van der Waals surface area (Å²) in [6.45, 7) is -1.80. The van der Waals surface area contributed by atoms with Gasteiger partial charge in [0.15, 0.2) is 17.9 Å². The Bertz CT molecular complexity index is 2910. The van der Waals surface area contributed by atoms with Crippen molar-refractivity contribution in [3.63, 3.8) is 0 Å². The second-order valence-corrected chi connectivity index (χ2v) is 23.9. The van der Waals surface area contributed by atoms with Crippen LogP contribution in [0.25, 0.3) is 0 Å². The molecular weight excluding hydrogens is 1190 g/mol. The minimum atomic E-state index is -1.66. The van der Waals surface area contributed by atoms with Gasteiger partial charge in [-0.3, -0.25) is 58.1 Å². The van der Waals surface area contributed by atoms with Crippen LogP contribution in [-0.4, -0.2) is 219 Å². The second kappa shape index (κ2) is 34.9. The standard InChI is InChI=1S/C58H88N18O13S/c59-56(60)65-21-7-6-20-46(79)69-39(17-8-22-66-57(61)62)51(84)73-24-10-19-43(73)53(86)76-31-37(78)27-44(76)50(83)68-29-47(80)71-41(28-38-16-11-25-90-38)49(82)72-42(33-77)52(85)75-30-35-13-5-4-12-34(35)26-45(75)54(87)74(36-14-2-1-3-15-36)32-48(81)70-40(55(88)89)18-9-23-67-58(63)64/h4-5,11-13,16,25,36-37,39-45,77-78H,1-3,6-10,14-15,17-24,26-33H2,(H,68,83)(H,69,79)(H,70,81)(H,71,80)(H,72,82)(H,88,89)(H4,59,60,65)(H4,61,62,66)(H4,63,64,67)/t37-,39-,40-,41-,42-,43+,44+,45+/m0/s1. The Balaban J connectivity index is 1.13. The Kier molecular flexibility index (Phi) is 27.3. The Morgan fingerprint density at radius 3 is 1.90 bits per heavy atom. The number of nitrogens with one attached hydrogen (secondary N) is 5. The summed E-state index contributed by atoms with van der Waals surface area (Å²) in [6, 6.07) is 1.13. The van der Waals surface area contributed by atoms with Crippen molar-refractivity contribution >= 4 is 88.3 Å². The number of nitrogens with two attached hydrogens (primary N) is 6. The molecule has 2 aromatic rings. The molecule has 3 fully saturated rings. The topological polar surface area (TPSA) is 498 Å². The minimum absolute atomic E-state index is 0.00409. The van der Waals surface area contributed by atoms with E-state index in [0.717, 1.165) is 24.8 Å². The number of guanidine groups is 3. The van der Waals surface area contributed by atoms with Crippen molar-refractivity contribution in [2.45, 2.75) is 170 Å². The Morgan fingerprint density at radius 1 is 0.644 bits per heavy atom. The molecule has 494 valence electrons. The fraction of sp³-hybridized carbons (Fsp3) is 0.603. The molecule has 9 amide bonds. The molecular formula is C58H88N18O13S. The number of aliphatic imine (C=N–C) groups is 3. The number of hydrogen-bond acceptors (Lipinski definition) is 16. The maximum atomic E-state index is 15.1. The Morgan fingerprint density at radius 2 is 1.27 bits per heavy atom. The van der Waals surface area contributed by atoms with E-state index in [1.807, 2.05) is 6.07 Å². The van der Waals surface area contributed by atoms with Gasteiger partial charge in [0.1, 0.15) is 42.3 Å². The smallest absolute Gasteiger partial charge is 0.326 e. The average molecular weight is 1280 g/mol. The molecule has 1 aromatic carbocycles. The number of unbranched alkanes of at least 4 members (excludes halogenated alkanes) is 1. The van der Waals surface area contributed by atoms with E-state index < -0.39 is 133 Å². The highest BCUT2D eigenvalue weighted by atomic mass is 32.1. The first-order valence-corrected chi connectivity index (χ1v) is 31.4. The monoisotopic (exact) mass is 1280 g/mol. The van der Waals surface area contributed by atoms with Crippen LogP contribution in [0.2, 0.25) is 0 Å². The minimum Gasteiger partial charge on any atom is -0.480 e.